The lowest BCUT2D eigenvalue weighted by atomic mass is 9.95. The number of amides is 1. The Labute approximate surface area is 233 Å². The van der Waals surface area contributed by atoms with E-state index in [0.717, 1.165) is 23.4 Å². The Balaban J connectivity index is 1.80. The number of allylic oxidation sites excluding steroid dienone is 1. The van der Waals surface area contributed by atoms with Gasteiger partial charge in [-0.2, -0.15) is 0 Å². The second-order valence-electron chi connectivity index (χ2n) is 9.25. The number of methoxy groups -OCH3 is 2. The first-order chi connectivity index (χ1) is 19.2. The molecule has 40 heavy (non-hydrogen) atoms. The van der Waals surface area contributed by atoms with Crippen LogP contribution in [0.2, 0.25) is 0 Å². The lowest BCUT2D eigenvalue weighted by Gasteiger charge is -2.25. The molecule has 2 aromatic carbocycles. The fourth-order valence-corrected chi connectivity index (χ4v) is 6.23. The van der Waals surface area contributed by atoms with Crippen LogP contribution in [0.15, 0.2) is 63.5 Å². The summed E-state index contributed by atoms with van der Waals surface area (Å²) in [5, 5.41) is 0. The predicted molar refractivity (Wildman–Crippen MR) is 148 cm³/mol. The van der Waals surface area contributed by atoms with Crippen molar-refractivity contribution in [2.24, 2.45) is 4.99 Å². The molecule has 0 unspecified atom stereocenters. The van der Waals surface area contributed by atoms with Crippen LogP contribution in [0.3, 0.4) is 0 Å². The number of anilines is 1. The summed E-state index contributed by atoms with van der Waals surface area (Å²) >= 11 is 1.10. The van der Waals surface area contributed by atoms with Gasteiger partial charge < -0.3 is 19.1 Å². The van der Waals surface area contributed by atoms with Crippen molar-refractivity contribution in [1.82, 2.24) is 4.57 Å². The van der Waals surface area contributed by atoms with Crippen molar-refractivity contribution < 1.29 is 28.6 Å². The number of nitrogens with zero attached hydrogens (tertiary/aromatic N) is 3. The van der Waals surface area contributed by atoms with E-state index in [1.807, 2.05) is 31.2 Å². The van der Waals surface area contributed by atoms with E-state index in [1.165, 1.54) is 31.8 Å². The second kappa shape index (κ2) is 10.6. The summed E-state index contributed by atoms with van der Waals surface area (Å²) < 4.78 is 17.4. The molecular formula is C29H27N3O7S. The first kappa shape index (κ1) is 27.1. The zero-order valence-electron chi connectivity index (χ0n) is 22.6. The number of benzene rings is 2. The van der Waals surface area contributed by atoms with Gasteiger partial charge in [0.25, 0.3) is 11.5 Å². The molecule has 1 atom stereocenters. The maximum atomic E-state index is 14.2. The average molecular weight is 562 g/mol. The van der Waals surface area contributed by atoms with Crippen LogP contribution >= 0.6 is 11.3 Å². The van der Waals surface area contributed by atoms with Gasteiger partial charge in [-0.15, -0.1) is 0 Å². The fraction of sp³-hybridized carbons (Fsp3) is 0.276. The van der Waals surface area contributed by atoms with Crippen LogP contribution < -0.4 is 29.3 Å². The summed E-state index contributed by atoms with van der Waals surface area (Å²) in [6.07, 6.45) is 0.751. The third-order valence-electron chi connectivity index (χ3n) is 6.76. The van der Waals surface area contributed by atoms with Gasteiger partial charge in [0, 0.05) is 19.0 Å². The molecule has 0 aliphatic carbocycles. The Bertz CT molecular complexity index is 1780. The Kier molecular flexibility index (Phi) is 7.16. The highest BCUT2D eigenvalue weighted by molar-refractivity contribution is 7.07. The van der Waals surface area contributed by atoms with Crippen LogP contribution in [0.5, 0.6) is 11.5 Å². The molecule has 3 aromatic rings. The second-order valence-corrected chi connectivity index (χ2v) is 10.2. The summed E-state index contributed by atoms with van der Waals surface area (Å²) in [7, 11) is 2.68. The van der Waals surface area contributed by atoms with E-state index in [-0.39, 0.29) is 27.5 Å². The summed E-state index contributed by atoms with van der Waals surface area (Å²) in [6, 6.07) is 11.2. The number of carbonyl (C=O) groups is 3. The third-order valence-corrected chi connectivity index (χ3v) is 7.81. The fourth-order valence-electron chi connectivity index (χ4n) is 5.10. The van der Waals surface area contributed by atoms with E-state index < -0.39 is 23.5 Å². The zero-order valence-corrected chi connectivity index (χ0v) is 23.5. The van der Waals surface area contributed by atoms with Gasteiger partial charge in [-0.1, -0.05) is 42.5 Å². The minimum absolute atomic E-state index is 0.166. The first-order valence-electron chi connectivity index (χ1n) is 12.6. The van der Waals surface area contributed by atoms with Crippen LogP contribution in [-0.2, 0) is 19.1 Å². The van der Waals surface area contributed by atoms with E-state index in [2.05, 4.69) is 4.99 Å². The normalized spacial score (nSPS) is 17.3. The van der Waals surface area contributed by atoms with Gasteiger partial charge in [-0.25, -0.2) is 9.79 Å². The molecule has 0 saturated carbocycles. The SMILES string of the molecule is CCCN1C(=O)/C(=c2\sc3n(c2=O)[C@@H](c2ccc(OC(C)=O)c(OC)c2)C(C(=O)OC)=C(C)N=3)c2ccccc21. The van der Waals surface area contributed by atoms with Gasteiger partial charge in [0.15, 0.2) is 16.3 Å². The molecule has 0 bridgehead atoms. The minimum atomic E-state index is -0.933. The quantitative estimate of drug-likeness (QED) is 0.335. The molecule has 0 fully saturated rings. The maximum absolute atomic E-state index is 14.2. The molecule has 2 aliphatic rings. The number of esters is 2. The number of rotatable bonds is 6. The molecule has 1 aromatic heterocycles. The van der Waals surface area contributed by atoms with Crippen molar-refractivity contribution in [2.45, 2.75) is 33.2 Å². The molecule has 2 aliphatic heterocycles. The largest absolute Gasteiger partial charge is 0.493 e. The maximum Gasteiger partial charge on any atom is 0.338 e. The molecule has 11 heteroatoms. The van der Waals surface area contributed by atoms with Crippen LogP contribution in [0.25, 0.3) is 5.57 Å². The molecule has 0 saturated heterocycles. The number of ether oxygens (including phenoxy) is 3. The minimum Gasteiger partial charge on any atom is -0.493 e. The monoisotopic (exact) mass is 561 g/mol. The number of carbonyl (C=O) groups excluding carboxylic acids is 3. The topological polar surface area (TPSA) is 117 Å². The predicted octanol–water partition coefficient (Wildman–Crippen LogP) is 2.47. The number of aromatic nitrogens is 1. The molecular weight excluding hydrogens is 534 g/mol. The summed E-state index contributed by atoms with van der Waals surface area (Å²) in [5.41, 5.74) is 2.34. The van der Waals surface area contributed by atoms with E-state index >= 15 is 0 Å². The lowest BCUT2D eigenvalue weighted by Crippen LogP contribution is -2.41. The molecule has 3 heterocycles. The molecule has 1 amide bonds. The Hall–Kier alpha value is -4.51. The molecule has 206 valence electrons. The van der Waals surface area contributed by atoms with E-state index in [4.69, 9.17) is 14.2 Å². The van der Waals surface area contributed by atoms with Crippen molar-refractivity contribution in [3.05, 3.63) is 84.5 Å². The lowest BCUT2D eigenvalue weighted by molar-refractivity contribution is -0.136. The molecule has 0 N–H and O–H groups in total. The van der Waals surface area contributed by atoms with Crippen LogP contribution in [0.1, 0.15) is 44.4 Å². The van der Waals surface area contributed by atoms with Gasteiger partial charge in [0.1, 0.15) is 4.53 Å². The van der Waals surface area contributed by atoms with Crippen molar-refractivity contribution in [3.8, 4) is 11.5 Å². The Morgan fingerprint density at radius 2 is 1.82 bits per heavy atom. The van der Waals surface area contributed by atoms with Gasteiger partial charge in [-0.3, -0.25) is 19.0 Å². The van der Waals surface area contributed by atoms with Crippen molar-refractivity contribution >= 4 is 40.4 Å². The van der Waals surface area contributed by atoms with E-state index in [0.29, 0.717) is 33.7 Å². The number of hydrogen-bond acceptors (Lipinski definition) is 9. The average Bonchev–Trinajstić information content (AvgIpc) is 3.40. The van der Waals surface area contributed by atoms with Crippen molar-refractivity contribution in [2.75, 3.05) is 25.7 Å². The smallest absolute Gasteiger partial charge is 0.338 e. The highest BCUT2D eigenvalue weighted by Crippen LogP contribution is 2.37. The zero-order chi connectivity index (χ0) is 28.7. The van der Waals surface area contributed by atoms with E-state index in [9.17, 15) is 19.2 Å². The molecule has 10 nitrogen and oxygen atoms in total. The summed E-state index contributed by atoms with van der Waals surface area (Å²) in [4.78, 5) is 59.0. The standard InChI is InChI=1S/C29H27N3O7S/c1-6-13-31-19-10-8-7-9-18(19)23(26(31)34)25-27(35)32-24(22(28(36)38-5)15(2)30-29(32)40-25)17-11-12-20(39-16(3)33)21(14-17)37-4/h7-12,14,24H,6,13H2,1-5H3/b25-23-/t24-/m0/s1. The first-order valence-corrected chi connectivity index (χ1v) is 13.4. The molecule has 0 spiro atoms. The Morgan fingerprint density at radius 3 is 2.50 bits per heavy atom. The summed E-state index contributed by atoms with van der Waals surface area (Å²) in [6.45, 7) is 5.45. The number of para-hydroxylation sites is 1. The molecule has 0 radical (unpaired) electrons. The van der Waals surface area contributed by atoms with Gasteiger partial charge in [0.2, 0.25) is 0 Å². The van der Waals surface area contributed by atoms with Crippen LogP contribution in [-0.4, -0.2) is 43.2 Å². The van der Waals surface area contributed by atoms with Crippen molar-refractivity contribution in [3.63, 3.8) is 0 Å². The Morgan fingerprint density at radius 1 is 1.07 bits per heavy atom. The van der Waals surface area contributed by atoms with Crippen LogP contribution in [0.4, 0.5) is 5.69 Å². The number of fused-ring (bicyclic) bond motifs is 2. The van der Waals surface area contributed by atoms with Crippen LogP contribution in [0, 0.1) is 0 Å². The van der Waals surface area contributed by atoms with Gasteiger partial charge >= 0.3 is 11.9 Å². The highest BCUT2D eigenvalue weighted by atomic mass is 32.1. The van der Waals surface area contributed by atoms with E-state index in [1.54, 1.807) is 24.0 Å². The summed E-state index contributed by atoms with van der Waals surface area (Å²) in [5.74, 6) is -0.987. The van der Waals surface area contributed by atoms with Gasteiger partial charge in [0.05, 0.1) is 42.8 Å². The number of thiazole rings is 1. The van der Waals surface area contributed by atoms with Crippen molar-refractivity contribution in [1.29, 1.82) is 0 Å². The highest BCUT2D eigenvalue weighted by Gasteiger charge is 2.37. The third kappa shape index (κ3) is 4.32. The molecule has 5 rings (SSSR count). The number of hydrogen-bond donors (Lipinski definition) is 0. The van der Waals surface area contributed by atoms with Gasteiger partial charge in [-0.05, 0) is 37.1 Å².